The van der Waals surface area contributed by atoms with Crippen LogP contribution in [0.5, 0.6) is 5.75 Å². The zero-order chi connectivity index (χ0) is 21.8. The van der Waals surface area contributed by atoms with Crippen LogP contribution in [0, 0.1) is 6.92 Å². The molecule has 29 heavy (non-hydrogen) atoms. The van der Waals surface area contributed by atoms with Crippen molar-refractivity contribution in [3.63, 3.8) is 0 Å². The smallest absolute Gasteiger partial charge is 0.469 e. The van der Waals surface area contributed by atoms with E-state index < -0.39 is 30.2 Å². The quantitative estimate of drug-likeness (QED) is 0.267. The number of carbonyl (C=O) groups excluding carboxylic acids is 1. The van der Waals surface area contributed by atoms with E-state index in [0.29, 0.717) is 0 Å². The Morgan fingerprint density at radius 3 is 2.38 bits per heavy atom. The number of sulfonamides is 1. The number of nitrogens with zero attached hydrogens (tertiary/aromatic N) is 3. The van der Waals surface area contributed by atoms with Gasteiger partial charge in [0, 0.05) is 5.56 Å². The lowest BCUT2D eigenvalue weighted by Crippen LogP contribution is -2.18. The minimum Gasteiger partial charge on any atom is -0.505 e. The number of hydrogen-bond donors (Lipinski definition) is 4. The third-order valence-electron chi connectivity index (χ3n) is 3.64. The number of nitrogens with one attached hydrogen (secondary N) is 1. The topological polar surface area (TPSA) is 188 Å². The Bertz CT molecular complexity index is 1100. The van der Waals surface area contributed by atoms with Gasteiger partial charge in [-0.3, -0.25) is 9.32 Å². The summed E-state index contributed by atoms with van der Waals surface area (Å²) in [5.74, 6) is -0.687. The number of phosphoric ester groups is 1. The van der Waals surface area contributed by atoms with E-state index in [1.54, 1.807) is 0 Å². The van der Waals surface area contributed by atoms with Gasteiger partial charge in [0.1, 0.15) is 5.75 Å². The molecule has 2 aromatic rings. The van der Waals surface area contributed by atoms with Crippen molar-refractivity contribution in [3.05, 3.63) is 41.1 Å². The van der Waals surface area contributed by atoms with Gasteiger partial charge in [-0.1, -0.05) is 0 Å². The molecule has 1 aromatic heterocycles. The first-order chi connectivity index (χ1) is 13.5. The predicted molar refractivity (Wildman–Crippen MR) is 99.7 cm³/mol. The molecular weight excluding hydrogens is 427 g/mol. The summed E-state index contributed by atoms with van der Waals surface area (Å²) in [6.07, 6.45) is 0.277. The third-order valence-corrected chi connectivity index (χ3v) is 5.53. The highest BCUT2D eigenvalue weighted by molar-refractivity contribution is 7.89. The number of rotatable bonds is 8. The summed E-state index contributed by atoms with van der Waals surface area (Å²) in [4.78, 5) is 33.1. The Morgan fingerprint density at radius 1 is 1.24 bits per heavy atom. The highest BCUT2D eigenvalue weighted by Gasteiger charge is 2.22. The molecule has 156 valence electrons. The number of phosphoric acid groups is 1. The number of pyridine rings is 1. The van der Waals surface area contributed by atoms with Crippen LogP contribution in [0.4, 0.5) is 11.5 Å². The molecule has 0 aliphatic heterocycles. The van der Waals surface area contributed by atoms with E-state index in [-0.39, 0.29) is 39.5 Å². The second kappa shape index (κ2) is 8.86. The Morgan fingerprint density at radius 2 is 1.86 bits per heavy atom. The number of hydrogen-bond acceptors (Lipinski definition) is 9. The van der Waals surface area contributed by atoms with Crippen LogP contribution in [0.2, 0.25) is 0 Å². The highest BCUT2D eigenvalue weighted by Crippen LogP contribution is 2.40. The van der Waals surface area contributed by atoms with E-state index in [2.05, 4.69) is 24.5 Å². The molecular formula is C15H17N4O8PS. The zero-order valence-electron chi connectivity index (χ0n) is 15.2. The van der Waals surface area contributed by atoms with Gasteiger partial charge in [0.2, 0.25) is 10.0 Å². The van der Waals surface area contributed by atoms with Gasteiger partial charge in [-0.15, -0.1) is 10.2 Å². The zero-order valence-corrected chi connectivity index (χ0v) is 16.9. The van der Waals surface area contributed by atoms with Gasteiger partial charge in [0.15, 0.2) is 12.1 Å². The molecule has 0 radical (unpaired) electrons. The Balaban J connectivity index is 2.44. The number of carbonyl (C=O) groups is 1. The van der Waals surface area contributed by atoms with Gasteiger partial charge in [0.05, 0.1) is 28.4 Å². The van der Waals surface area contributed by atoms with E-state index in [1.807, 2.05) is 0 Å². The van der Waals surface area contributed by atoms with E-state index in [0.717, 1.165) is 0 Å². The van der Waals surface area contributed by atoms with Crippen LogP contribution in [0.25, 0.3) is 0 Å². The molecule has 12 nitrogen and oxygen atoms in total. The first-order valence-electron chi connectivity index (χ1n) is 7.81. The molecule has 0 saturated heterocycles. The summed E-state index contributed by atoms with van der Waals surface area (Å²) in [5, 5.41) is 17.7. The molecule has 2 rings (SSSR count). The molecule has 0 saturated carbocycles. The fourth-order valence-corrected chi connectivity index (χ4v) is 3.18. The molecule has 0 amide bonds. The first kappa shape index (κ1) is 22.7. The number of aromatic hydroxyl groups is 1. The van der Waals surface area contributed by atoms with Crippen LogP contribution in [0.15, 0.2) is 39.4 Å². The molecule has 0 aliphatic carbocycles. The molecule has 0 bridgehead atoms. The van der Waals surface area contributed by atoms with E-state index >= 15 is 0 Å². The van der Waals surface area contributed by atoms with Crippen molar-refractivity contribution in [1.82, 2.24) is 9.71 Å². The number of aryl methyl sites for hydroxylation is 1. The predicted octanol–water partition coefficient (Wildman–Crippen LogP) is 1.84. The van der Waals surface area contributed by atoms with Crippen molar-refractivity contribution in [2.75, 3.05) is 7.05 Å². The molecule has 4 N–H and O–H groups in total. The summed E-state index contributed by atoms with van der Waals surface area (Å²) < 4.78 is 41.0. The van der Waals surface area contributed by atoms with Crippen molar-refractivity contribution in [3.8, 4) is 5.75 Å². The SMILES string of the molecule is CNS(=O)(=O)c1ccc(N=Nc2nc(C)c(O)c(C=O)c2COP(=O)(O)O)cc1. The number of benzene rings is 1. The Kier molecular flexibility index (Phi) is 6.95. The molecule has 1 aromatic carbocycles. The fourth-order valence-electron chi connectivity index (χ4n) is 2.15. The van der Waals surface area contributed by atoms with Crippen LogP contribution in [0.1, 0.15) is 21.6 Å². The Labute approximate surface area is 165 Å². The Hall–Kier alpha value is -2.54. The van der Waals surface area contributed by atoms with Crippen LogP contribution >= 0.6 is 7.82 Å². The largest absolute Gasteiger partial charge is 0.505 e. The van der Waals surface area contributed by atoms with Crippen molar-refractivity contribution in [2.24, 2.45) is 10.2 Å². The van der Waals surface area contributed by atoms with Crippen molar-refractivity contribution < 1.29 is 37.2 Å². The monoisotopic (exact) mass is 444 g/mol. The summed E-state index contributed by atoms with van der Waals surface area (Å²) >= 11 is 0. The lowest BCUT2D eigenvalue weighted by molar-refractivity contribution is 0.111. The minimum atomic E-state index is -4.87. The fraction of sp³-hybridized carbons (Fsp3) is 0.200. The minimum absolute atomic E-state index is 0.0107. The van der Waals surface area contributed by atoms with E-state index in [4.69, 9.17) is 9.79 Å². The average molecular weight is 444 g/mol. The second-order valence-corrected chi connectivity index (χ2v) is 8.67. The maximum Gasteiger partial charge on any atom is 0.469 e. The van der Waals surface area contributed by atoms with Crippen LogP contribution in [-0.2, 0) is 25.7 Å². The lowest BCUT2D eigenvalue weighted by atomic mass is 10.1. The van der Waals surface area contributed by atoms with Gasteiger partial charge in [-0.05, 0) is 38.2 Å². The van der Waals surface area contributed by atoms with Gasteiger partial charge in [-0.25, -0.2) is 22.7 Å². The number of aldehydes is 1. The highest BCUT2D eigenvalue weighted by atomic mass is 32.2. The average Bonchev–Trinajstić information content (AvgIpc) is 2.67. The van der Waals surface area contributed by atoms with Crippen molar-refractivity contribution in [2.45, 2.75) is 18.4 Å². The third kappa shape index (κ3) is 5.73. The lowest BCUT2D eigenvalue weighted by Gasteiger charge is -2.12. The number of azo groups is 1. The molecule has 0 aliphatic rings. The summed E-state index contributed by atoms with van der Waals surface area (Å²) in [7, 11) is -7.22. The molecule has 1 heterocycles. The maximum absolute atomic E-state index is 11.7. The van der Waals surface area contributed by atoms with Gasteiger partial charge < -0.3 is 14.9 Å². The molecule has 0 fully saturated rings. The maximum atomic E-state index is 11.7. The van der Waals surface area contributed by atoms with Gasteiger partial charge in [-0.2, -0.15) is 0 Å². The standard InChI is InChI=1S/C15H17N4O8PS/c1-9-14(21)12(7-20)13(8-27-28(22,23)24)15(17-9)19-18-10-3-5-11(6-4-10)29(25,26)16-2/h3-7,16,21H,8H2,1-2H3,(H2,22,23,24). The molecule has 14 heteroatoms. The number of aromatic nitrogens is 1. The summed E-state index contributed by atoms with van der Waals surface area (Å²) in [5.41, 5.74) is -0.196. The van der Waals surface area contributed by atoms with Gasteiger partial charge >= 0.3 is 7.82 Å². The van der Waals surface area contributed by atoms with E-state index in [9.17, 15) is 22.9 Å². The summed E-state index contributed by atoms with van der Waals surface area (Å²) in [6, 6.07) is 5.33. The van der Waals surface area contributed by atoms with E-state index in [1.165, 1.54) is 38.2 Å². The van der Waals surface area contributed by atoms with Crippen LogP contribution in [-0.4, -0.2) is 41.6 Å². The molecule has 0 unspecified atom stereocenters. The van der Waals surface area contributed by atoms with Gasteiger partial charge in [0.25, 0.3) is 0 Å². The molecule has 0 atom stereocenters. The van der Waals surface area contributed by atoms with Crippen LogP contribution < -0.4 is 4.72 Å². The van der Waals surface area contributed by atoms with Crippen molar-refractivity contribution >= 4 is 35.6 Å². The van der Waals surface area contributed by atoms with Crippen LogP contribution in [0.3, 0.4) is 0 Å². The summed E-state index contributed by atoms with van der Waals surface area (Å²) in [6.45, 7) is 0.638. The second-order valence-electron chi connectivity index (χ2n) is 5.54. The molecule has 0 spiro atoms. The normalized spacial score (nSPS) is 12.4. The van der Waals surface area contributed by atoms with Crippen molar-refractivity contribution in [1.29, 1.82) is 0 Å². The first-order valence-corrected chi connectivity index (χ1v) is 10.8.